The summed E-state index contributed by atoms with van der Waals surface area (Å²) < 4.78 is 6.25. The van der Waals surface area contributed by atoms with Gasteiger partial charge in [-0.25, -0.2) is 4.79 Å². The Kier molecular flexibility index (Phi) is 2.34. The second-order valence-corrected chi connectivity index (χ2v) is 2.92. The smallest absolute Gasteiger partial charge is 0.355 e. The molecule has 78 valence electrons. The van der Waals surface area contributed by atoms with Crippen molar-refractivity contribution in [2.75, 3.05) is 7.11 Å². The Balaban J connectivity index is 2.72. The second-order valence-electron chi connectivity index (χ2n) is 2.92. The first-order valence-electron chi connectivity index (χ1n) is 4.39. The molecule has 2 N–H and O–H groups in total. The number of pyridine rings is 1. The van der Waals surface area contributed by atoms with Crippen molar-refractivity contribution in [2.45, 2.75) is 6.54 Å². The molecule has 0 saturated carbocycles. The minimum absolute atomic E-state index is 0.217. The zero-order valence-electron chi connectivity index (χ0n) is 8.17. The van der Waals surface area contributed by atoms with Crippen LogP contribution in [0, 0.1) is 0 Å². The molecule has 2 aromatic heterocycles. The van der Waals surface area contributed by atoms with Crippen LogP contribution in [0.5, 0.6) is 0 Å². The van der Waals surface area contributed by atoms with E-state index in [9.17, 15) is 4.79 Å². The van der Waals surface area contributed by atoms with Crippen molar-refractivity contribution < 1.29 is 9.53 Å². The van der Waals surface area contributed by atoms with Gasteiger partial charge in [-0.3, -0.25) is 4.40 Å². The first kappa shape index (κ1) is 9.60. The Morgan fingerprint density at radius 1 is 1.53 bits per heavy atom. The van der Waals surface area contributed by atoms with Gasteiger partial charge in [0, 0.05) is 0 Å². The summed E-state index contributed by atoms with van der Waals surface area (Å²) in [5.74, 6) is 0.0982. The van der Waals surface area contributed by atoms with Gasteiger partial charge in [-0.15, -0.1) is 10.2 Å². The number of carbonyl (C=O) groups excluding carboxylic acids is 1. The van der Waals surface area contributed by atoms with E-state index in [2.05, 4.69) is 14.9 Å². The normalized spacial score (nSPS) is 10.5. The minimum Gasteiger partial charge on any atom is -0.464 e. The lowest BCUT2D eigenvalue weighted by molar-refractivity contribution is 0.0592. The molecule has 0 saturated heterocycles. The van der Waals surface area contributed by atoms with Crippen LogP contribution in [-0.4, -0.2) is 27.7 Å². The average Bonchev–Trinajstić information content (AvgIpc) is 2.70. The van der Waals surface area contributed by atoms with Gasteiger partial charge in [-0.05, 0) is 12.1 Å². The zero-order valence-corrected chi connectivity index (χ0v) is 8.17. The van der Waals surface area contributed by atoms with Gasteiger partial charge in [-0.1, -0.05) is 6.07 Å². The van der Waals surface area contributed by atoms with Crippen molar-refractivity contribution in [3.05, 3.63) is 29.7 Å². The Bertz CT molecular complexity index is 506. The number of hydrogen-bond acceptors (Lipinski definition) is 5. The number of ether oxygens (including phenoxy) is 1. The van der Waals surface area contributed by atoms with Gasteiger partial charge in [0.15, 0.2) is 11.5 Å². The van der Waals surface area contributed by atoms with Crippen LogP contribution >= 0.6 is 0 Å². The van der Waals surface area contributed by atoms with Gasteiger partial charge in [0.1, 0.15) is 5.69 Å². The van der Waals surface area contributed by atoms with Crippen LogP contribution in [0.3, 0.4) is 0 Å². The van der Waals surface area contributed by atoms with Gasteiger partial charge in [-0.2, -0.15) is 0 Å². The molecule has 0 bridgehead atoms. The number of hydrogen-bond donors (Lipinski definition) is 1. The predicted molar refractivity (Wildman–Crippen MR) is 52.2 cm³/mol. The highest BCUT2D eigenvalue weighted by atomic mass is 16.5. The monoisotopic (exact) mass is 206 g/mol. The number of rotatable bonds is 2. The van der Waals surface area contributed by atoms with E-state index in [0.717, 1.165) is 0 Å². The maximum Gasteiger partial charge on any atom is 0.355 e. The summed E-state index contributed by atoms with van der Waals surface area (Å²) in [7, 11) is 1.33. The molecule has 0 aliphatic rings. The van der Waals surface area contributed by atoms with Gasteiger partial charge in [0.2, 0.25) is 0 Å². The van der Waals surface area contributed by atoms with Crippen molar-refractivity contribution >= 4 is 11.6 Å². The van der Waals surface area contributed by atoms with Gasteiger partial charge >= 0.3 is 5.97 Å². The number of aromatic nitrogens is 3. The Morgan fingerprint density at radius 3 is 3.00 bits per heavy atom. The molecule has 0 unspecified atom stereocenters. The molecule has 6 nitrogen and oxygen atoms in total. The molecule has 2 heterocycles. The van der Waals surface area contributed by atoms with Crippen molar-refractivity contribution in [1.82, 2.24) is 14.6 Å². The molecule has 0 radical (unpaired) electrons. The lowest BCUT2D eigenvalue weighted by Gasteiger charge is -2.03. The molecule has 2 rings (SSSR count). The summed E-state index contributed by atoms with van der Waals surface area (Å²) in [6.45, 7) is 0.217. The van der Waals surface area contributed by atoms with E-state index in [0.29, 0.717) is 17.2 Å². The molecule has 0 aliphatic heterocycles. The summed E-state index contributed by atoms with van der Waals surface area (Å²) in [4.78, 5) is 11.5. The van der Waals surface area contributed by atoms with E-state index < -0.39 is 5.97 Å². The van der Waals surface area contributed by atoms with E-state index in [1.54, 1.807) is 22.6 Å². The van der Waals surface area contributed by atoms with Crippen molar-refractivity contribution in [3.63, 3.8) is 0 Å². The molecule has 0 spiro atoms. The van der Waals surface area contributed by atoms with Crippen LogP contribution in [0.25, 0.3) is 5.65 Å². The van der Waals surface area contributed by atoms with Gasteiger partial charge < -0.3 is 10.5 Å². The Labute approximate surface area is 85.7 Å². The molecule has 0 fully saturated rings. The number of carbonyl (C=O) groups is 1. The quantitative estimate of drug-likeness (QED) is 0.698. The average molecular weight is 206 g/mol. The maximum atomic E-state index is 11.5. The van der Waals surface area contributed by atoms with Crippen molar-refractivity contribution in [3.8, 4) is 0 Å². The van der Waals surface area contributed by atoms with Crippen LogP contribution in [0.4, 0.5) is 0 Å². The Hall–Kier alpha value is -1.95. The highest BCUT2D eigenvalue weighted by molar-refractivity contribution is 5.88. The standard InChI is InChI=1S/C9H10N4O2/c1-15-9(14)6-3-2-4-7-11-12-8(5-10)13(6)7/h2-4H,5,10H2,1H3. The molecule has 6 heteroatoms. The summed E-state index contributed by atoms with van der Waals surface area (Å²) in [5.41, 5.74) is 6.45. The number of esters is 1. The first-order chi connectivity index (χ1) is 7.27. The summed E-state index contributed by atoms with van der Waals surface area (Å²) in [6.07, 6.45) is 0. The largest absolute Gasteiger partial charge is 0.464 e. The van der Waals surface area contributed by atoms with E-state index in [1.165, 1.54) is 7.11 Å². The lowest BCUT2D eigenvalue weighted by atomic mass is 10.3. The summed E-state index contributed by atoms with van der Waals surface area (Å²) in [6, 6.07) is 5.11. The lowest BCUT2D eigenvalue weighted by Crippen LogP contribution is -2.12. The van der Waals surface area contributed by atoms with Gasteiger partial charge in [0.25, 0.3) is 0 Å². The molecule has 0 aromatic carbocycles. The van der Waals surface area contributed by atoms with Crippen molar-refractivity contribution in [1.29, 1.82) is 0 Å². The van der Waals surface area contributed by atoms with E-state index in [1.807, 2.05) is 0 Å². The molecule has 0 amide bonds. The van der Waals surface area contributed by atoms with Crippen LogP contribution in [0.1, 0.15) is 16.3 Å². The number of nitrogens with two attached hydrogens (primary N) is 1. The van der Waals surface area contributed by atoms with Crippen LogP contribution in [-0.2, 0) is 11.3 Å². The molecule has 15 heavy (non-hydrogen) atoms. The fraction of sp³-hybridized carbons (Fsp3) is 0.222. The second kappa shape index (κ2) is 3.66. The van der Waals surface area contributed by atoms with E-state index in [4.69, 9.17) is 5.73 Å². The van der Waals surface area contributed by atoms with E-state index >= 15 is 0 Å². The third-order valence-electron chi connectivity index (χ3n) is 2.07. The van der Waals surface area contributed by atoms with Crippen LogP contribution < -0.4 is 5.73 Å². The van der Waals surface area contributed by atoms with Gasteiger partial charge in [0.05, 0.1) is 13.7 Å². The third kappa shape index (κ3) is 1.44. The molecule has 2 aromatic rings. The first-order valence-corrected chi connectivity index (χ1v) is 4.39. The zero-order chi connectivity index (χ0) is 10.8. The van der Waals surface area contributed by atoms with Crippen molar-refractivity contribution in [2.24, 2.45) is 5.73 Å². The topological polar surface area (TPSA) is 82.5 Å². The predicted octanol–water partition coefficient (Wildman–Crippen LogP) is -0.0254. The number of fused-ring (bicyclic) bond motifs is 1. The molecule has 0 aliphatic carbocycles. The molecular formula is C9H10N4O2. The number of nitrogens with zero attached hydrogens (tertiary/aromatic N) is 3. The highest BCUT2D eigenvalue weighted by Gasteiger charge is 2.13. The SMILES string of the molecule is COC(=O)c1cccc2nnc(CN)n12. The third-order valence-corrected chi connectivity index (χ3v) is 2.07. The fourth-order valence-electron chi connectivity index (χ4n) is 1.40. The van der Waals surface area contributed by atoms with Crippen LogP contribution in [0.2, 0.25) is 0 Å². The maximum absolute atomic E-state index is 11.5. The summed E-state index contributed by atoms with van der Waals surface area (Å²) >= 11 is 0. The highest BCUT2D eigenvalue weighted by Crippen LogP contribution is 2.09. The molecule has 0 atom stereocenters. The Morgan fingerprint density at radius 2 is 2.33 bits per heavy atom. The molecular weight excluding hydrogens is 196 g/mol. The number of methoxy groups -OCH3 is 1. The minimum atomic E-state index is -0.435. The fourth-order valence-corrected chi connectivity index (χ4v) is 1.40. The summed E-state index contributed by atoms with van der Waals surface area (Å²) in [5, 5.41) is 7.76. The van der Waals surface area contributed by atoms with E-state index in [-0.39, 0.29) is 6.54 Å². The van der Waals surface area contributed by atoms with Crippen LogP contribution in [0.15, 0.2) is 18.2 Å².